The largest absolute Gasteiger partial charge is 0.394 e. The maximum absolute atomic E-state index is 12.4. The molecular formula is C17H25N3O4. The number of aliphatic hydroxyl groups excluding tert-OH is 1. The summed E-state index contributed by atoms with van der Waals surface area (Å²) in [6.07, 6.45) is 1.25. The highest BCUT2D eigenvalue weighted by Crippen LogP contribution is 2.37. The molecule has 1 unspecified atom stereocenters. The minimum Gasteiger partial charge on any atom is -0.394 e. The molecule has 0 aliphatic carbocycles. The van der Waals surface area contributed by atoms with Crippen molar-refractivity contribution in [3.05, 3.63) is 22.9 Å². The van der Waals surface area contributed by atoms with E-state index in [1.165, 1.54) is 0 Å². The Kier molecular flexibility index (Phi) is 4.76. The zero-order chi connectivity index (χ0) is 17.3. The van der Waals surface area contributed by atoms with Crippen LogP contribution in [0.5, 0.6) is 0 Å². The minimum absolute atomic E-state index is 0.0453. The van der Waals surface area contributed by atoms with Crippen LogP contribution in [-0.4, -0.2) is 61.2 Å². The molecule has 0 bridgehead atoms. The second-order valence-electron chi connectivity index (χ2n) is 6.45. The van der Waals surface area contributed by atoms with Crippen molar-refractivity contribution in [3.63, 3.8) is 0 Å². The molecule has 2 aliphatic rings. The Bertz CT molecular complexity index is 629. The average Bonchev–Trinajstić information content (AvgIpc) is 3.01. The molecule has 2 saturated heterocycles. The Morgan fingerprint density at radius 3 is 2.79 bits per heavy atom. The quantitative estimate of drug-likeness (QED) is 0.849. The molecular weight excluding hydrogens is 310 g/mol. The van der Waals surface area contributed by atoms with E-state index in [2.05, 4.69) is 10.3 Å². The van der Waals surface area contributed by atoms with Gasteiger partial charge in [-0.2, -0.15) is 0 Å². The van der Waals surface area contributed by atoms with Crippen LogP contribution in [0.25, 0.3) is 0 Å². The fourth-order valence-electron chi connectivity index (χ4n) is 3.68. The summed E-state index contributed by atoms with van der Waals surface area (Å²) in [5.41, 5.74) is 2.29. The second kappa shape index (κ2) is 6.66. The lowest BCUT2D eigenvalue weighted by molar-refractivity contribution is -0.177. The van der Waals surface area contributed by atoms with Crippen LogP contribution in [0, 0.1) is 13.8 Å². The van der Waals surface area contributed by atoms with Crippen LogP contribution >= 0.6 is 0 Å². The van der Waals surface area contributed by atoms with E-state index in [1.807, 2.05) is 24.8 Å². The molecule has 1 aromatic rings. The van der Waals surface area contributed by atoms with Crippen molar-refractivity contribution < 1.29 is 19.4 Å². The van der Waals surface area contributed by atoms with E-state index in [1.54, 1.807) is 7.05 Å². The van der Waals surface area contributed by atoms with Crippen molar-refractivity contribution >= 4 is 11.7 Å². The van der Waals surface area contributed by atoms with Crippen LogP contribution in [0.15, 0.2) is 6.07 Å². The molecule has 7 nitrogen and oxygen atoms in total. The number of anilines is 1. The maximum Gasteiger partial charge on any atom is 0.255 e. The second-order valence-corrected chi connectivity index (χ2v) is 6.45. The molecule has 3 heterocycles. The number of rotatable bonds is 3. The van der Waals surface area contributed by atoms with Crippen molar-refractivity contribution in [2.24, 2.45) is 0 Å². The normalized spacial score (nSPS) is 22.8. The zero-order valence-electron chi connectivity index (χ0n) is 14.5. The molecule has 2 fully saturated rings. The highest BCUT2D eigenvalue weighted by molar-refractivity contribution is 6.00. The van der Waals surface area contributed by atoms with Crippen LogP contribution in [0.1, 0.15) is 34.5 Å². The molecule has 1 spiro atoms. The molecule has 0 aromatic carbocycles. The van der Waals surface area contributed by atoms with E-state index in [0.29, 0.717) is 44.0 Å². The fraction of sp³-hybridized carbons (Fsp3) is 0.647. The summed E-state index contributed by atoms with van der Waals surface area (Å²) in [5.74, 6) is -0.144. The standard InChI is InChI=1S/C17H25N3O4/c1-11-8-12(2)19-15(14(11)16(22)18-3)20-5-4-17(9-13(20)10-21)23-6-7-24-17/h8,13,21H,4-7,9-10H2,1-3H3,(H,18,22). The van der Waals surface area contributed by atoms with Crippen molar-refractivity contribution in [2.75, 3.05) is 38.3 Å². The number of pyridine rings is 1. The molecule has 3 rings (SSSR count). The van der Waals surface area contributed by atoms with Gasteiger partial charge in [0, 0.05) is 32.1 Å². The number of aromatic nitrogens is 1. The molecule has 24 heavy (non-hydrogen) atoms. The van der Waals surface area contributed by atoms with Gasteiger partial charge in [-0.15, -0.1) is 0 Å². The van der Waals surface area contributed by atoms with Gasteiger partial charge in [-0.25, -0.2) is 4.98 Å². The highest BCUT2D eigenvalue weighted by atomic mass is 16.7. The van der Waals surface area contributed by atoms with Crippen LogP contribution in [-0.2, 0) is 9.47 Å². The lowest BCUT2D eigenvalue weighted by Crippen LogP contribution is -2.53. The number of aliphatic hydroxyl groups is 1. The third-order valence-corrected chi connectivity index (χ3v) is 4.80. The fourth-order valence-corrected chi connectivity index (χ4v) is 3.68. The van der Waals surface area contributed by atoms with Gasteiger partial charge in [-0.1, -0.05) is 0 Å². The van der Waals surface area contributed by atoms with Gasteiger partial charge < -0.3 is 24.8 Å². The summed E-state index contributed by atoms with van der Waals surface area (Å²) in [5, 5.41) is 12.6. The summed E-state index contributed by atoms with van der Waals surface area (Å²) >= 11 is 0. The third-order valence-electron chi connectivity index (χ3n) is 4.80. The molecule has 1 amide bonds. The van der Waals surface area contributed by atoms with Gasteiger partial charge in [0.15, 0.2) is 5.79 Å². The number of hydrogen-bond acceptors (Lipinski definition) is 6. The molecule has 1 atom stereocenters. The van der Waals surface area contributed by atoms with Crippen LogP contribution < -0.4 is 10.2 Å². The summed E-state index contributed by atoms with van der Waals surface area (Å²) < 4.78 is 11.6. The highest BCUT2D eigenvalue weighted by Gasteiger charge is 2.45. The first kappa shape index (κ1) is 17.1. The zero-order valence-corrected chi connectivity index (χ0v) is 14.5. The molecule has 1 aromatic heterocycles. The Hall–Kier alpha value is -1.70. The first-order chi connectivity index (χ1) is 11.5. The number of hydrogen-bond donors (Lipinski definition) is 2. The Labute approximate surface area is 142 Å². The number of ether oxygens (including phenoxy) is 2. The van der Waals surface area contributed by atoms with Crippen molar-refractivity contribution in [1.29, 1.82) is 0 Å². The molecule has 0 radical (unpaired) electrons. The SMILES string of the molecule is CNC(=O)c1c(C)cc(C)nc1N1CCC2(CC1CO)OCCO2. The molecule has 132 valence electrons. The van der Waals surface area contributed by atoms with Crippen molar-refractivity contribution in [1.82, 2.24) is 10.3 Å². The van der Waals surface area contributed by atoms with E-state index < -0.39 is 5.79 Å². The number of aryl methyl sites for hydroxylation is 2. The van der Waals surface area contributed by atoms with Crippen molar-refractivity contribution in [3.8, 4) is 0 Å². The van der Waals surface area contributed by atoms with Crippen LogP contribution in [0.4, 0.5) is 5.82 Å². The molecule has 0 saturated carbocycles. The van der Waals surface area contributed by atoms with Gasteiger partial charge in [0.05, 0.1) is 31.4 Å². The summed E-state index contributed by atoms with van der Waals surface area (Å²) in [6.45, 7) is 5.56. The number of piperidine rings is 1. The monoisotopic (exact) mass is 335 g/mol. The van der Waals surface area contributed by atoms with Gasteiger partial charge in [0.1, 0.15) is 5.82 Å². The van der Waals surface area contributed by atoms with E-state index >= 15 is 0 Å². The smallest absolute Gasteiger partial charge is 0.255 e. The number of carbonyl (C=O) groups excluding carboxylic acids is 1. The van der Waals surface area contributed by atoms with Crippen LogP contribution in [0.2, 0.25) is 0 Å². The predicted molar refractivity (Wildman–Crippen MR) is 89.2 cm³/mol. The average molecular weight is 335 g/mol. The number of amides is 1. The van der Waals surface area contributed by atoms with E-state index in [-0.39, 0.29) is 18.6 Å². The topological polar surface area (TPSA) is 83.9 Å². The Morgan fingerprint density at radius 2 is 2.17 bits per heavy atom. The third kappa shape index (κ3) is 2.99. The molecule has 2 N–H and O–H groups in total. The van der Waals surface area contributed by atoms with Gasteiger partial charge in [-0.05, 0) is 25.5 Å². The lowest BCUT2D eigenvalue weighted by Gasteiger charge is -2.44. The number of nitrogens with one attached hydrogen (secondary N) is 1. The number of carbonyl (C=O) groups is 1. The number of nitrogens with zero attached hydrogens (tertiary/aromatic N) is 2. The van der Waals surface area contributed by atoms with Gasteiger partial charge >= 0.3 is 0 Å². The van der Waals surface area contributed by atoms with Gasteiger partial charge in [0.2, 0.25) is 0 Å². The summed E-state index contributed by atoms with van der Waals surface area (Å²) in [4.78, 5) is 19.0. The van der Waals surface area contributed by atoms with E-state index in [9.17, 15) is 9.90 Å². The first-order valence-corrected chi connectivity index (χ1v) is 8.35. The van der Waals surface area contributed by atoms with Crippen molar-refractivity contribution in [2.45, 2.75) is 38.5 Å². The van der Waals surface area contributed by atoms with E-state index in [4.69, 9.17) is 9.47 Å². The Balaban J connectivity index is 1.97. The molecule has 2 aliphatic heterocycles. The summed E-state index contributed by atoms with van der Waals surface area (Å²) in [7, 11) is 1.61. The molecule has 7 heteroatoms. The lowest BCUT2D eigenvalue weighted by atomic mass is 9.95. The Morgan fingerprint density at radius 1 is 1.46 bits per heavy atom. The van der Waals surface area contributed by atoms with Gasteiger partial charge in [-0.3, -0.25) is 4.79 Å². The predicted octanol–water partition coefficient (Wildman–Crippen LogP) is 0.762. The summed E-state index contributed by atoms with van der Waals surface area (Å²) in [6, 6.07) is 1.70. The van der Waals surface area contributed by atoms with E-state index in [0.717, 1.165) is 11.3 Å². The van der Waals surface area contributed by atoms with Gasteiger partial charge in [0.25, 0.3) is 5.91 Å². The minimum atomic E-state index is -0.601. The van der Waals surface area contributed by atoms with Crippen LogP contribution in [0.3, 0.4) is 0 Å². The first-order valence-electron chi connectivity index (χ1n) is 8.35. The maximum atomic E-state index is 12.4.